The van der Waals surface area contributed by atoms with Crippen LogP contribution < -0.4 is 0 Å². The van der Waals surface area contributed by atoms with E-state index in [4.69, 9.17) is 4.42 Å². The molecule has 0 saturated heterocycles. The number of fused-ring (bicyclic) bond motifs is 1. The minimum Gasteiger partial charge on any atom is -0.453 e. The number of carbonyl (C=O) groups excluding carboxylic acids is 1. The van der Waals surface area contributed by atoms with Crippen molar-refractivity contribution in [3.05, 3.63) is 51.7 Å². The van der Waals surface area contributed by atoms with Crippen LogP contribution in [0, 0.1) is 13.8 Å². The number of carbonyl (C=O) groups is 1. The summed E-state index contributed by atoms with van der Waals surface area (Å²) in [4.78, 5) is 17.0. The Morgan fingerprint density at radius 1 is 1.28 bits per heavy atom. The van der Waals surface area contributed by atoms with E-state index in [-0.39, 0.29) is 5.78 Å². The molecule has 4 heteroatoms. The molecule has 0 aliphatic rings. The molecule has 0 radical (unpaired) electrons. The molecule has 2 aromatic heterocycles. The van der Waals surface area contributed by atoms with Crippen molar-refractivity contribution in [2.75, 3.05) is 0 Å². The Kier molecular flexibility index (Phi) is 2.52. The van der Waals surface area contributed by atoms with Crippen LogP contribution in [0.4, 0.5) is 0 Å². The van der Waals surface area contributed by atoms with E-state index in [9.17, 15) is 4.79 Å². The molecule has 0 bridgehead atoms. The SMILES string of the molecule is Cc1ccc2oc(C(=O)c3scnc3C)cc2c1. The molecule has 0 saturated carbocycles. The van der Waals surface area contributed by atoms with Crippen LogP contribution in [0.2, 0.25) is 0 Å². The molecule has 0 unspecified atom stereocenters. The van der Waals surface area contributed by atoms with Gasteiger partial charge in [-0.15, -0.1) is 11.3 Å². The average molecular weight is 257 g/mol. The van der Waals surface area contributed by atoms with Crippen molar-refractivity contribution in [3.8, 4) is 0 Å². The highest BCUT2D eigenvalue weighted by molar-refractivity contribution is 7.12. The lowest BCUT2D eigenvalue weighted by molar-refractivity contribution is 0.101. The van der Waals surface area contributed by atoms with Crippen molar-refractivity contribution in [2.45, 2.75) is 13.8 Å². The molecule has 0 amide bonds. The fourth-order valence-corrected chi connectivity index (χ4v) is 2.65. The number of furan rings is 1. The highest BCUT2D eigenvalue weighted by atomic mass is 32.1. The highest BCUT2D eigenvalue weighted by Gasteiger charge is 2.18. The topological polar surface area (TPSA) is 43.1 Å². The first kappa shape index (κ1) is 11.2. The van der Waals surface area contributed by atoms with Gasteiger partial charge in [0.2, 0.25) is 5.78 Å². The number of aromatic nitrogens is 1. The summed E-state index contributed by atoms with van der Waals surface area (Å²) >= 11 is 1.34. The molecule has 0 aliphatic heterocycles. The van der Waals surface area contributed by atoms with Gasteiger partial charge in [-0.1, -0.05) is 11.6 Å². The molecule has 0 N–H and O–H groups in total. The van der Waals surface area contributed by atoms with E-state index >= 15 is 0 Å². The van der Waals surface area contributed by atoms with Crippen molar-refractivity contribution in [1.29, 1.82) is 0 Å². The van der Waals surface area contributed by atoms with Gasteiger partial charge in [-0.3, -0.25) is 4.79 Å². The van der Waals surface area contributed by atoms with Gasteiger partial charge in [0.25, 0.3) is 0 Å². The lowest BCUT2D eigenvalue weighted by atomic mass is 10.1. The maximum absolute atomic E-state index is 12.3. The van der Waals surface area contributed by atoms with Crippen LogP contribution in [-0.2, 0) is 0 Å². The first-order valence-corrected chi connectivity index (χ1v) is 6.48. The largest absolute Gasteiger partial charge is 0.453 e. The van der Waals surface area contributed by atoms with Gasteiger partial charge in [0.15, 0.2) is 5.76 Å². The summed E-state index contributed by atoms with van der Waals surface area (Å²) in [6.45, 7) is 3.85. The van der Waals surface area contributed by atoms with Gasteiger partial charge >= 0.3 is 0 Å². The lowest BCUT2D eigenvalue weighted by Crippen LogP contribution is -1.98. The first-order chi connectivity index (χ1) is 8.65. The Bertz CT molecular complexity index is 739. The maximum Gasteiger partial charge on any atom is 0.240 e. The number of aryl methyl sites for hydroxylation is 2. The van der Waals surface area contributed by atoms with Gasteiger partial charge in [-0.05, 0) is 32.0 Å². The molecular formula is C14H11NO2S. The van der Waals surface area contributed by atoms with E-state index in [0.29, 0.717) is 10.6 Å². The highest BCUT2D eigenvalue weighted by Crippen LogP contribution is 2.24. The van der Waals surface area contributed by atoms with Crippen LogP contribution in [0.25, 0.3) is 11.0 Å². The minimum atomic E-state index is -0.0937. The molecule has 0 spiro atoms. The zero-order chi connectivity index (χ0) is 12.7. The second-order valence-corrected chi connectivity index (χ2v) is 5.10. The number of ketones is 1. The minimum absolute atomic E-state index is 0.0937. The molecule has 0 fully saturated rings. The quantitative estimate of drug-likeness (QED) is 0.657. The van der Waals surface area contributed by atoms with E-state index in [2.05, 4.69) is 4.98 Å². The third-order valence-corrected chi connectivity index (χ3v) is 3.77. The lowest BCUT2D eigenvalue weighted by Gasteiger charge is -1.93. The summed E-state index contributed by atoms with van der Waals surface area (Å²) in [5.74, 6) is 0.284. The average Bonchev–Trinajstić information content (AvgIpc) is 2.93. The Hall–Kier alpha value is -1.94. The van der Waals surface area contributed by atoms with Gasteiger partial charge in [0.1, 0.15) is 10.5 Å². The first-order valence-electron chi connectivity index (χ1n) is 5.60. The normalized spacial score (nSPS) is 11.0. The number of hydrogen-bond acceptors (Lipinski definition) is 4. The monoisotopic (exact) mass is 257 g/mol. The fourth-order valence-electron chi connectivity index (χ4n) is 1.91. The van der Waals surface area contributed by atoms with Gasteiger partial charge in [-0.25, -0.2) is 4.98 Å². The van der Waals surface area contributed by atoms with Crippen LogP contribution in [0.15, 0.2) is 34.2 Å². The second-order valence-electron chi connectivity index (χ2n) is 4.25. The Morgan fingerprint density at radius 2 is 2.11 bits per heavy atom. The van der Waals surface area contributed by atoms with Crippen molar-refractivity contribution in [1.82, 2.24) is 4.98 Å². The molecule has 3 nitrogen and oxygen atoms in total. The van der Waals surface area contributed by atoms with Crippen molar-refractivity contribution < 1.29 is 9.21 Å². The van der Waals surface area contributed by atoms with Crippen LogP contribution in [-0.4, -0.2) is 10.8 Å². The van der Waals surface area contributed by atoms with E-state index < -0.39 is 0 Å². The Morgan fingerprint density at radius 3 is 2.83 bits per heavy atom. The fraction of sp³-hybridized carbons (Fsp3) is 0.143. The zero-order valence-electron chi connectivity index (χ0n) is 10.1. The standard InChI is InChI=1S/C14H11NO2S/c1-8-3-4-11-10(5-8)6-12(17-11)13(16)14-9(2)15-7-18-14/h3-7H,1-2H3. The number of thiazole rings is 1. The number of rotatable bonds is 2. The third-order valence-electron chi connectivity index (χ3n) is 2.85. The summed E-state index contributed by atoms with van der Waals surface area (Å²) in [6.07, 6.45) is 0. The van der Waals surface area contributed by atoms with E-state index in [1.54, 1.807) is 11.6 Å². The van der Waals surface area contributed by atoms with E-state index in [1.165, 1.54) is 11.3 Å². The predicted molar refractivity (Wildman–Crippen MR) is 71.2 cm³/mol. The second kappa shape index (κ2) is 4.07. The maximum atomic E-state index is 12.3. The van der Waals surface area contributed by atoms with Crippen LogP contribution in [0.5, 0.6) is 0 Å². The van der Waals surface area contributed by atoms with Crippen LogP contribution in [0.1, 0.15) is 26.7 Å². The molecule has 90 valence electrons. The molecule has 3 rings (SSSR count). The van der Waals surface area contributed by atoms with Crippen molar-refractivity contribution in [3.63, 3.8) is 0 Å². The Labute approximate surface area is 108 Å². The van der Waals surface area contributed by atoms with Crippen LogP contribution in [0.3, 0.4) is 0 Å². The van der Waals surface area contributed by atoms with Crippen molar-refractivity contribution in [2.24, 2.45) is 0 Å². The molecule has 1 aromatic carbocycles. The van der Waals surface area contributed by atoms with Gasteiger partial charge < -0.3 is 4.42 Å². The van der Waals surface area contributed by atoms with E-state index in [1.807, 2.05) is 32.0 Å². The predicted octanol–water partition coefficient (Wildman–Crippen LogP) is 3.74. The van der Waals surface area contributed by atoms with Gasteiger partial charge in [0, 0.05) is 5.39 Å². The van der Waals surface area contributed by atoms with Crippen molar-refractivity contribution >= 4 is 28.1 Å². The number of hydrogen-bond donors (Lipinski definition) is 0. The zero-order valence-corrected chi connectivity index (χ0v) is 10.9. The summed E-state index contributed by atoms with van der Waals surface area (Å²) in [5, 5.41) is 0.959. The number of benzene rings is 1. The summed E-state index contributed by atoms with van der Waals surface area (Å²) in [6, 6.07) is 7.66. The molecule has 3 aromatic rings. The molecule has 18 heavy (non-hydrogen) atoms. The summed E-state index contributed by atoms with van der Waals surface area (Å²) < 4.78 is 5.59. The Balaban J connectivity index is 2.10. The third kappa shape index (κ3) is 1.75. The molecule has 2 heterocycles. The molecule has 0 atom stereocenters. The summed E-state index contributed by atoms with van der Waals surface area (Å²) in [7, 11) is 0. The van der Waals surface area contributed by atoms with E-state index in [0.717, 1.165) is 22.2 Å². The number of nitrogens with zero attached hydrogens (tertiary/aromatic N) is 1. The molecular weight excluding hydrogens is 246 g/mol. The molecule has 0 aliphatic carbocycles. The van der Waals surface area contributed by atoms with Gasteiger partial charge in [-0.2, -0.15) is 0 Å². The summed E-state index contributed by atoms with van der Waals surface area (Å²) in [5.41, 5.74) is 4.32. The smallest absolute Gasteiger partial charge is 0.240 e. The van der Waals surface area contributed by atoms with Gasteiger partial charge in [0.05, 0.1) is 11.2 Å². The van der Waals surface area contributed by atoms with Crippen LogP contribution >= 0.6 is 11.3 Å².